The van der Waals surface area contributed by atoms with E-state index < -0.39 is 18.1 Å². The molecule has 0 unspecified atom stereocenters. The zero-order chi connectivity index (χ0) is 24.2. The van der Waals surface area contributed by atoms with Crippen LogP contribution in [0.2, 0.25) is 0 Å². The third kappa shape index (κ3) is 5.23. The minimum Gasteiger partial charge on any atom is -0.496 e. The van der Waals surface area contributed by atoms with E-state index in [1.54, 1.807) is 26.8 Å². The molecule has 1 aliphatic rings. The average Bonchev–Trinajstić information content (AvgIpc) is 3.11. The van der Waals surface area contributed by atoms with Crippen LogP contribution in [0, 0.1) is 6.92 Å². The van der Waals surface area contributed by atoms with Crippen LogP contribution < -0.4 is 9.64 Å². The summed E-state index contributed by atoms with van der Waals surface area (Å²) in [7, 11) is 2.33. The number of fused-ring (bicyclic) bond motifs is 1. The highest BCUT2D eigenvalue weighted by Gasteiger charge is 2.44. The van der Waals surface area contributed by atoms with Gasteiger partial charge in [0.2, 0.25) is 0 Å². The lowest BCUT2D eigenvalue weighted by atomic mass is 9.92. The Morgan fingerprint density at radius 3 is 2.47 bits per heavy atom. The van der Waals surface area contributed by atoms with Crippen molar-refractivity contribution in [1.29, 1.82) is 0 Å². The summed E-state index contributed by atoms with van der Waals surface area (Å²) in [6, 6.07) is 0. The quantitative estimate of drug-likeness (QED) is 0.433. The standard InChI is InChI=1S/C22H26F3NO6/c1-6-31-16(27)10-8-12(2)7-9-14-18(26(4)21(29)22(23,24)25)17-15(11-32-20(17)28)13(3)19(14)30-5/h7H,6,8-11H2,1-5H3. The fourth-order valence-corrected chi connectivity index (χ4v) is 3.60. The van der Waals surface area contributed by atoms with Crippen molar-refractivity contribution in [1.82, 2.24) is 0 Å². The Kier molecular flexibility index (Phi) is 7.92. The predicted octanol–water partition coefficient (Wildman–Crippen LogP) is 4.03. The molecule has 176 valence electrons. The summed E-state index contributed by atoms with van der Waals surface area (Å²) >= 11 is 0. The van der Waals surface area contributed by atoms with Gasteiger partial charge in [0.15, 0.2) is 0 Å². The number of benzene rings is 1. The Morgan fingerprint density at radius 2 is 1.91 bits per heavy atom. The van der Waals surface area contributed by atoms with E-state index in [9.17, 15) is 27.6 Å². The Hall–Kier alpha value is -3.04. The van der Waals surface area contributed by atoms with Crippen LogP contribution in [0.1, 0.15) is 53.7 Å². The fourth-order valence-electron chi connectivity index (χ4n) is 3.60. The van der Waals surface area contributed by atoms with Crippen LogP contribution in [0.4, 0.5) is 18.9 Å². The summed E-state index contributed by atoms with van der Waals surface area (Å²) in [4.78, 5) is 36.4. The number of nitrogens with zero attached hydrogens (tertiary/aromatic N) is 1. The molecule has 0 N–H and O–H groups in total. The van der Waals surface area contributed by atoms with Gasteiger partial charge < -0.3 is 19.1 Å². The van der Waals surface area contributed by atoms with Crippen LogP contribution in [0.3, 0.4) is 0 Å². The normalized spacial score (nSPS) is 13.5. The van der Waals surface area contributed by atoms with Gasteiger partial charge in [-0.3, -0.25) is 9.59 Å². The molecular formula is C22H26F3NO6. The second-order valence-corrected chi connectivity index (χ2v) is 7.34. The van der Waals surface area contributed by atoms with Gasteiger partial charge in [-0.1, -0.05) is 11.6 Å². The maximum atomic E-state index is 13.2. The van der Waals surface area contributed by atoms with Crippen LogP contribution in [0.5, 0.6) is 5.75 Å². The van der Waals surface area contributed by atoms with Crippen molar-refractivity contribution in [2.45, 2.75) is 52.8 Å². The number of anilines is 1. The topological polar surface area (TPSA) is 82.1 Å². The molecule has 0 atom stereocenters. The second kappa shape index (κ2) is 10.1. The average molecular weight is 457 g/mol. The van der Waals surface area contributed by atoms with Crippen molar-refractivity contribution in [3.05, 3.63) is 33.9 Å². The van der Waals surface area contributed by atoms with Gasteiger partial charge in [-0.05, 0) is 39.2 Å². The molecule has 7 nitrogen and oxygen atoms in total. The number of cyclic esters (lactones) is 1. The first-order chi connectivity index (χ1) is 14.9. The van der Waals surface area contributed by atoms with Gasteiger partial charge in [0.25, 0.3) is 0 Å². The van der Waals surface area contributed by atoms with Crippen LogP contribution in [0.15, 0.2) is 11.6 Å². The first-order valence-electron chi connectivity index (χ1n) is 9.99. The predicted molar refractivity (Wildman–Crippen MR) is 110 cm³/mol. The van der Waals surface area contributed by atoms with Gasteiger partial charge in [-0.2, -0.15) is 13.2 Å². The molecule has 0 fully saturated rings. The van der Waals surface area contributed by atoms with E-state index in [1.807, 2.05) is 0 Å². The van der Waals surface area contributed by atoms with E-state index in [-0.39, 0.29) is 54.6 Å². The van der Waals surface area contributed by atoms with Gasteiger partial charge in [-0.15, -0.1) is 0 Å². The SMILES string of the molecule is CCOC(=O)CCC(C)=CCc1c(OC)c(C)c2c(c1N(C)C(=O)C(F)(F)F)C(=O)OC2. The maximum Gasteiger partial charge on any atom is 0.471 e. The largest absolute Gasteiger partial charge is 0.496 e. The molecule has 1 aromatic carbocycles. The van der Waals surface area contributed by atoms with Crippen molar-refractivity contribution >= 4 is 23.5 Å². The Bertz CT molecular complexity index is 952. The number of rotatable bonds is 8. The number of allylic oxidation sites excluding steroid dienone is 2. The summed E-state index contributed by atoms with van der Waals surface area (Å²) in [5.41, 5.74) is 1.71. The molecule has 0 bridgehead atoms. The van der Waals surface area contributed by atoms with E-state index in [0.717, 1.165) is 12.6 Å². The number of halogens is 3. The van der Waals surface area contributed by atoms with E-state index in [4.69, 9.17) is 14.2 Å². The number of hydrogen-bond donors (Lipinski definition) is 0. The van der Waals surface area contributed by atoms with E-state index in [2.05, 4.69) is 0 Å². The van der Waals surface area contributed by atoms with Crippen molar-refractivity contribution in [3.63, 3.8) is 0 Å². The highest BCUT2D eigenvalue weighted by atomic mass is 19.4. The number of alkyl halides is 3. The molecule has 10 heteroatoms. The molecule has 0 saturated carbocycles. The van der Waals surface area contributed by atoms with Gasteiger partial charge in [0.05, 0.1) is 25.0 Å². The monoisotopic (exact) mass is 457 g/mol. The molecule has 0 aliphatic carbocycles. The first-order valence-corrected chi connectivity index (χ1v) is 9.99. The van der Waals surface area contributed by atoms with Crippen LogP contribution in [-0.4, -0.2) is 44.8 Å². The number of ether oxygens (including phenoxy) is 3. The van der Waals surface area contributed by atoms with Crippen molar-refractivity contribution < 1.29 is 41.8 Å². The molecule has 0 aromatic heterocycles. The van der Waals surface area contributed by atoms with Gasteiger partial charge >= 0.3 is 24.0 Å². The zero-order valence-corrected chi connectivity index (χ0v) is 18.6. The summed E-state index contributed by atoms with van der Waals surface area (Å²) in [5.74, 6) is -3.00. The lowest BCUT2D eigenvalue weighted by Crippen LogP contribution is -2.39. The minimum absolute atomic E-state index is 0.0732. The fraction of sp³-hybridized carbons (Fsp3) is 0.500. The molecule has 0 spiro atoms. The summed E-state index contributed by atoms with van der Waals surface area (Å²) < 4.78 is 55.0. The van der Waals surface area contributed by atoms with Gasteiger partial charge in [0.1, 0.15) is 12.4 Å². The molecule has 0 saturated heterocycles. The number of hydrogen-bond acceptors (Lipinski definition) is 6. The summed E-state index contributed by atoms with van der Waals surface area (Å²) in [6.45, 7) is 5.30. The lowest BCUT2D eigenvalue weighted by Gasteiger charge is -2.26. The number of amides is 1. The second-order valence-electron chi connectivity index (χ2n) is 7.34. The molecule has 1 heterocycles. The summed E-state index contributed by atoms with van der Waals surface area (Å²) in [5, 5.41) is 0. The highest BCUT2D eigenvalue weighted by Crippen LogP contribution is 2.43. The molecule has 0 radical (unpaired) electrons. The van der Waals surface area contributed by atoms with Crippen LogP contribution >= 0.6 is 0 Å². The molecule has 1 amide bonds. The van der Waals surface area contributed by atoms with Crippen molar-refractivity contribution in [2.24, 2.45) is 0 Å². The van der Waals surface area contributed by atoms with Crippen LogP contribution in [0.25, 0.3) is 0 Å². The highest BCUT2D eigenvalue weighted by molar-refractivity contribution is 6.07. The van der Waals surface area contributed by atoms with Crippen molar-refractivity contribution in [2.75, 3.05) is 25.7 Å². The number of esters is 2. The Balaban J connectivity index is 2.55. The van der Waals surface area contributed by atoms with E-state index in [0.29, 0.717) is 22.4 Å². The number of carbonyl (C=O) groups is 3. The lowest BCUT2D eigenvalue weighted by molar-refractivity contribution is -0.170. The van der Waals surface area contributed by atoms with Gasteiger partial charge in [0, 0.05) is 24.6 Å². The minimum atomic E-state index is -5.13. The van der Waals surface area contributed by atoms with Crippen LogP contribution in [-0.2, 0) is 32.1 Å². The Morgan fingerprint density at radius 1 is 1.25 bits per heavy atom. The third-order valence-corrected chi connectivity index (χ3v) is 5.21. The molecule has 1 aliphatic heterocycles. The van der Waals surface area contributed by atoms with E-state index in [1.165, 1.54) is 7.11 Å². The smallest absolute Gasteiger partial charge is 0.471 e. The van der Waals surface area contributed by atoms with E-state index >= 15 is 0 Å². The molecular weight excluding hydrogens is 431 g/mol. The number of methoxy groups -OCH3 is 1. The zero-order valence-electron chi connectivity index (χ0n) is 18.6. The molecule has 1 aromatic rings. The number of carbonyl (C=O) groups excluding carboxylic acids is 3. The molecule has 2 rings (SSSR count). The molecule has 32 heavy (non-hydrogen) atoms. The first kappa shape index (κ1) is 25.2. The maximum absolute atomic E-state index is 13.2. The van der Waals surface area contributed by atoms with Gasteiger partial charge in [-0.25, -0.2) is 4.79 Å². The third-order valence-electron chi connectivity index (χ3n) is 5.21. The Labute approximate surface area is 184 Å². The summed E-state index contributed by atoms with van der Waals surface area (Å²) in [6.07, 6.45) is -2.80. The van der Waals surface area contributed by atoms with Crippen molar-refractivity contribution in [3.8, 4) is 5.75 Å².